The van der Waals surface area contributed by atoms with Crippen molar-refractivity contribution in [1.82, 2.24) is 5.32 Å². The molecule has 0 saturated carbocycles. The van der Waals surface area contributed by atoms with Crippen LogP contribution >= 0.6 is 0 Å². The molecule has 1 aromatic carbocycles. The standard InChI is InChI=1S/C18H28N2O/c1-3-19-17(16-8-10-21-13-16)12-20-9-4-5-15-11-14(2)6-7-18(15)20/h6-7,11,16-17,19H,3-5,8-10,12-13H2,1-2H3. The first kappa shape index (κ1) is 14.9. The number of likely N-dealkylation sites (N-methyl/N-ethyl adjacent to an activating group) is 1. The third-order valence-electron chi connectivity index (χ3n) is 4.87. The van der Waals surface area contributed by atoms with Crippen LogP contribution < -0.4 is 10.2 Å². The summed E-state index contributed by atoms with van der Waals surface area (Å²) in [7, 11) is 0. The van der Waals surface area contributed by atoms with E-state index in [1.165, 1.54) is 42.6 Å². The van der Waals surface area contributed by atoms with E-state index in [0.717, 1.165) is 26.3 Å². The minimum absolute atomic E-state index is 0.546. The molecule has 21 heavy (non-hydrogen) atoms. The maximum absolute atomic E-state index is 5.60. The van der Waals surface area contributed by atoms with Crippen molar-refractivity contribution < 1.29 is 4.74 Å². The highest BCUT2D eigenvalue weighted by Gasteiger charge is 2.28. The van der Waals surface area contributed by atoms with E-state index in [0.29, 0.717) is 12.0 Å². The molecule has 1 N–H and O–H groups in total. The van der Waals surface area contributed by atoms with Crippen molar-refractivity contribution in [2.24, 2.45) is 5.92 Å². The fourth-order valence-corrected chi connectivity index (χ4v) is 3.74. The Morgan fingerprint density at radius 2 is 2.33 bits per heavy atom. The molecule has 1 aromatic rings. The molecule has 2 unspecified atom stereocenters. The predicted molar refractivity (Wildman–Crippen MR) is 88.1 cm³/mol. The van der Waals surface area contributed by atoms with Gasteiger partial charge in [0.25, 0.3) is 0 Å². The Bertz CT molecular complexity index is 468. The molecule has 1 fully saturated rings. The molecule has 2 heterocycles. The molecule has 0 spiro atoms. The maximum atomic E-state index is 5.60. The molecule has 2 aliphatic heterocycles. The number of nitrogens with one attached hydrogen (secondary N) is 1. The zero-order valence-electron chi connectivity index (χ0n) is 13.4. The summed E-state index contributed by atoms with van der Waals surface area (Å²) in [5.74, 6) is 0.667. The SMILES string of the molecule is CCNC(CN1CCCc2cc(C)ccc21)C1CCOC1. The summed E-state index contributed by atoms with van der Waals surface area (Å²) in [5, 5.41) is 3.69. The van der Waals surface area contributed by atoms with Crippen LogP contribution in [0, 0.1) is 12.8 Å². The Morgan fingerprint density at radius 3 is 3.10 bits per heavy atom. The smallest absolute Gasteiger partial charge is 0.0510 e. The third kappa shape index (κ3) is 3.41. The van der Waals surface area contributed by atoms with Crippen molar-refractivity contribution in [1.29, 1.82) is 0 Å². The average Bonchev–Trinajstić information content (AvgIpc) is 3.01. The highest BCUT2D eigenvalue weighted by atomic mass is 16.5. The van der Waals surface area contributed by atoms with Crippen LogP contribution in [0.1, 0.15) is 30.9 Å². The zero-order chi connectivity index (χ0) is 14.7. The first-order valence-corrected chi connectivity index (χ1v) is 8.43. The molecular formula is C18H28N2O. The van der Waals surface area contributed by atoms with Crippen LogP contribution in [0.15, 0.2) is 18.2 Å². The largest absolute Gasteiger partial charge is 0.381 e. The van der Waals surface area contributed by atoms with E-state index in [1.807, 2.05) is 0 Å². The van der Waals surface area contributed by atoms with Gasteiger partial charge in [0.1, 0.15) is 0 Å². The highest BCUT2D eigenvalue weighted by molar-refractivity contribution is 5.56. The van der Waals surface area contributed by atoms with Crippen LogP contribution in [0.25, 0.3) is 0 Å². The number of hydrogen-bond donors (Lipinski definition) is 1. The van der Waals surface area contributed by atoms with Gasteiger partial charge in [-0.25, -0.2) is 0 Å². The molecule has 2 atom stereocenters. The van der Waals surface area contributed by atoms with Crippen LogP contribution in [0.2, 0.25) is 0 Å². The molecule has 3 rings (SSSR count). The number of anilines is 1. The number of benzene rings is 1. The Labute approximate surface area is 128 Å². The van der Waals surface area contributed by atoms with Gasteiger partial charge in [-0.15, -0.1) is 0 Å². The van der Waals surface area contributed by atoms with Gasteiger partial charge in [-0.1, -0.05) is 24.6 Å². The summed E-state index contributed by atoms with van der Waals surface area (Å²) in [4.78, 5) is 2.59. The van der Waals surface area contributed by atoms with Crippen molar-refractivity contribution in [3.63, 3.8) is 0 Å². The topological polar surface area (TPSA) is 24.5 Å². The van der Waals surface area contributed by atoms with E-state index in [9.17, 15) is 0 Å². The third-order valence-corrected chi connectivity index (χ3v) is 4.87. The zero-order valence-corrected chi connectivity index (χ0v) is 13.4. The van der Waals surface area contributed by atoms with Crippen LogP contribution in [-0.4, -0.2) is 38.9 Å². The Hall–Kier alpha value is -1.06. The number of ether oxygens (including phenoxy) is 1. The number of nitrogens with zero attached hydrogens (tertiary/aromatic N) is 1. The fourth-order valence-electron chi connectivity index (χ4n) is 3.74. The van der Waals surface area contributed by atoms with Gasteiger partial charge in [-0.2, -0.15) is 0 Å². The molecule has 3 nitrogen and oxygen atoms in total. The second kappa shape index (κ2) is 6.80. The van der Waals surface area contributed by atoms with Gasteiger partial charge in [0.15, 0.2) is 0 Å². The minimum atomic E-state index is 0.546. The lowest BCUT2D eigenvalue weighted by atomic mass is 9.95. The predicted octanol–water partition coefficient (Wildman–Crippen LogP) is 2.76. The quantitative estimate of drug-likeness (QED) is 0.901. The maximum Gasteiger partial charge on any atom is 0.0510 e. The Balaban J connectivity index is 1.74. The first-order chi connectivity index (χ1) is 10.3. The molecule has 0 aromatic heterocycles. The lowest BCUT2D eigenvalue weighted by Crippen LogP contribution is -2.47. The lowest BCUT2D eigenvalue weighted by molar-refractivity contribution is 0.177. The minimum Gasteiger partial charge on any atom is -0.381 e. The fraction of sp³-hybridized carbons (Fsp3) is 0.667. The van der Waals surface area contributed by atoms with Crippen molar-refractivity contribution in [3.05, 3.63) is 29.3 Å². The van der Waals surface area contributed by atoms with E-state index in [-0.39, 0.29) is 0 Å². The van der Waals surface area contributed by atoms with Crippen molar-refractivity contribution in [3.8, 4) is 0 Å². The van der Waals surface area contributed by atoms with Crippen LogP contribution in [-0.2, 0) is 11.2 Å². The molecule has 0 amide bonds. The molecule has 116 valence electrons. The van der Waals surface area contributed by atoms with Crippen molar-refractivity contribution in [2.75, 3.05) is 37.7 Å². The van der Waals surface area contributed by atoms with Crippen molar-refractivity contribution in [2.45, 2.75) is 39.2 Å². The second-order valence-electron chi connectivity index (χ2n) is 6.47. The second-order valence-corrected chi connectivity index (χ2v) is 6.47. The number of fused-ring (bicyclic) bond motifs is 1. The Kier molecular flexibility index (Phi) is 4.81. The highest BCUT2D eigenvalue weighted by Crippen LogP contribution is 2.29. The molecule has 2 aliphatic rings. The van der Waals surface area contributed by atoms with E-state index in [1.54, 1.807) is 0 Å². The van der Waals surface area contributed by atoms with E-state index < -0.39 is 0 Å². The summed E-state index contributed by atoms with van der Waals surface area (Å²) in [6.07, 6.45) is 3.70. The average molecular weight is 288 g/mol. The summed E-state index contributed by atoms with van der Waals surface area (Å²) in [6, 6.07) is 7.48. The molecule has 1 saturated heterocycles. The lowest BCUT2D eigenvalue weighted by Gasteiger charge is -2.36. The molecule has 0 radical (unpaired) electrons. The summed E-state index contributed by atoms with van der Waals surface area (Å²) in [6.45, 7) is 9.58. The molecular weight excluding hydrogens is 260 g/mol. The van der Waals surface area contributed by atoms with Gasteiger partial charge in [0, 0.05) is 37.3 Å². The van der Waals surface area contributed by atoms with Crippen LogP contribution in [0.4, 0.5) is 5.69 Å². The number of hydrogen-bond acceptors (Lipinski definition) is 3. The first-order valence-electron chi connectivity index (χ1n) is 8.43. The van der Waals surface area contributed by atoms with Gasteiger partial charge >= 0.3 is 0 Å². The van der Waals surface area contributed by atoms with Crippen molar-refractivity contribution >= 4 is 5.69 Å². The summed E-state index contributed by atoms with van der Waals surface area (Å²) >= 11 is 0. The van der Waals surface area contributed by atoms with Gasteiger partial charge in [-0.05, 0) is 44.4 Å². The van der Waals surface area contributed by atoms with E-state index in [2.05, 4.69) is 42.3 Å². The normalized spacial score (nSPS) is 23.1. The number of aryl methyl sites for hydroxylation is 2. The summed E-state index contributed by atoms with van der Waals surface area (Å²) < 4.78 is 5.60. The van der Waals surface area contributed by atoms with Gasteiger partial charge in [0.2, 0.25) is 0 Å². The Morgan fingerprint density at radius 1 is 1.43 bits per heavy atom. The van der Waals surface area contributed by atoms with E-state index in [4.69, 9.17) is 4.74 Å². The molecule has 3 heteroatoms. The van der Waals surface area contributed by atoms with Gasteiger partial charge in [0.05, 0.1) is 6.61 Å². The van der Waals surface area contributed by atoms with Crippen LogP contribution in [0.5, 0.6) is 0 Å². The summed E-state index contributed by atoms with van der Waals surface area (Å²) in [5.41, 5.74) is 4.36. The monoisotopic (exact) mass is 288 g/mol. The number of rotatable bonds is 5. The molecule has 0 bridgehead atoms. The van der Waals surface area contributed by atoms with Gasteiger partial charge < -0.3 is 15.0 Å². The van der Waals surface area contributed by atoms with E-state index >= 15 is 0 Å². The van der Waals surface area contributed by atoms with Gasteiger partial charge in [-0.3, -0.25) is 0 Å². The van der Waals surface area contributed by atoms with Crippen LogP contribution in [0.3, 0.4) is 0 Å². The molecule has 0 aliphatic carbocycles.